The molecule has 1 aromatic heterocycles. The third-order valence-electron chi connectivity index (χ3n) is 4.21. The highest BCUT2D eigenvalue weighted by Crippen LogP contribution is 2.16. The molecule has 5 N–H and O–H groups in total. The Kier molecular flexibility index (Phi) is 6.37. The molecule has 8 nitrogen and oxygen atoms in total. The van der Waals surface area contributed by atoms with Crippen molar-refractivity contribution in [2.45, 2.75) is 25.0 Å². The SMILES string of the molecule is O=c1[nH]nc(NCC(O)CNC(=S)NCC2CCCO2)c2ccccc12. The Balaban J connectivity index is 1.44. The molecule has 1 aliphatic heterocycles. The molecular weight excluding hydrogens is 354 g/mol. The smallest absolute Gasteiger partial charge is 0.272 e. The number of aromatic amines is 1. The lowest BCUT2D eigenvalue weighted by Gasteiger charge is -2.17. The van der Waals surface area contributed by atoms with Crippen LogP contribution in [-0.2, 0) is 4.74 Å². The van der Waals surface area contributed by atoms with Crippen molar-refractivity contribution in [3.63, 3.8) is 0 Å². The van der Waals surface area contributed by atoms with Gasteiger partial charge < -0.3 is 25.8 Å². The second-order valence-corrected chi connectivity index (χ2v) is 6.62. The highest BCUT2D eigenvalue weighted by molar-refractivity contribution is 7.80. The molecule has 140 valence electrons. The standard InChI is InChI=1S/C17H23N5O3S/c23-11(9-19-17(26)20-10-12-4-3-7-25-12)8-18-15-13-5-1-2-6-14(13)16(24)22-21-15/h1-2,5-6,11-12,23H,3-4,7-10H2,(H,18,21)(H,22,24)(H2,19,20,26). The molecule has 0 amide bonds. The number of thiocarbonyl (C=S) groups is 1. The molecule has 1 saturated heterocycles. The van der Waals surface area contributed by atoms with Crippen molar-refractivity contribution >= 4 is 33.9 Å². The molecule has 2 heterocycles. The predicted octanol–water partition coefficient (Wildman–Crippen LogP) is 0.339. The lowest BCUT2D eigenvalue weighted by Crippen LogP contribution is -2.43. The van der Waals surface area contributed by atoms with Gasteiger partial charge in [0.15, 0.2) is 10.9 Å². The fourth-order valence-electron chi connectivity index (χ4n) is 2.82. The minimum absolute atomic E-state index is 0.209. The quantitative estimate of drug-likeness (QED) is 0.439. The van der Waals surface area contributed by atoms with Gasteiger partial charge in [-0.3, -0.25) is 4.79 Å². The summed E-state index contributed by atoms with van der Waals surface area (Å²) in [6.45, 7) is 2.05. The monoisotopic (exact) mass is 377 g/mol. The van der Waals surface area contributed by atoms with Gasteiger partial charge in [0.1, 0.15) is 0 Å². The number of hydrogen-bond acceptors (Lipinski definition) is 6. The summed E-state index contributed by atoms with van der Waals surface area (Å²) in [7, 11) is 0. The van der Waals surface area contributed by atoms with E-state index in [9.17, 15) is 9.90 Å². The number of aromatic nitrogens is 2. The first-order chi connectivity index (χ1) is 12.6. The van der Waals surface area contributed by atoms with Gasteiger partial charge in [-0.05, 0) is 31.1 Å². The summed E-state index contributed by atoms with van der Waals surface area (Å²) in [5.74, 6) is 0.526. The van der Waals surface area contributed by atoms with Crippen molar-refractivity contribution in [3.8, 4) is 0 Å². The molecule has 0 bridgehead atoms. The van der Waals surface area contributed by atoms with Crippen LogP contribution in [-0.4, -0.2) is 58.9 Å². The van der Waals surface area contributed by atoms with E-state index < -0.39 is 6.10 Å². The highest BCUT2D eigenvalue weighted by atomic mass is 32.1. The summed E-state index contributed by atoms with van der Waals surface area (Å²) in [5, 5.41) is 27.5. The second kappa shape index (κ2) is 8.93. The summed E-state index contributed by atoms with van der Waals surface area (Å²) < 4.78 is 5.52. The largest absolute Gasteiger partial charge is 0.389 e. The Labute approximate surface area is 156 Å². The number of anilines is 1. The normalized spacial score (nSPS) is 17.8. The van der Waals surface area contributed by atoms with E-state index in [1.165, 1.54) is 0 Å². The molecule has 2 atom stereocenters. The van der Waals surface area contributed by atoms with E-state index in [1.54, 1.807) is 12.1 Å². The van der Waals surface area contributed by atoms with Crippen LogP contribution in [0.25, 0.3) is 10.8 Å². The third-order valence-corrected chi connectivity index (χ3v) is 4.50. The van der Waals surface area contributed by atoms with Crippen LogP contribution in [0.1, 0.15) is 12.8 Å². The number of ether oxygens (including phenoxy) is 1. The van der Waals surface area contributed by atoms with Crippen molar-refractivity contribution in [1.82, 2.24) is 20.8 Å². The van der Waals surface area contributed by atoms with E-state index in [2.05, 4.69) is 26.1 Å². The zero-order valence-electron chi connectivity index (χ0n) is 14.3. The maximum atomic E-state index is 11.8. The summed E-state index contributed by atoms with van der Waals surface area (Å²) in [6, 6.07) is 7.18. The fourth-order valence-corrected chi connectivity index (χ4v) is 2.99. The van der Waals surface area contributed by atoms with E-state index in [-0.39, 0.29) is 18.2 Å². The molecule has 0 saturated carbocycles. The Morgan fingerprint density at radius 3 is 2.92 bits per heavy atom. The van der Waals surface area contributed by atoms with E-state index in [0.717, 1.165) is 19.4 Å². The van der Waals surface area contributed by atoms with Gasteiger partial charge in [-0.25, -0.2) is 5.10 Å². The van der Waals surface area contributed by atoms with Crippen LogP contribution in [0.2, 0.25) is 0 Å². The second-order valence-electron chi connectivity index (χ2n) is 6.21. The van der Waals surface area contributed by atoms with Gasteiger partial charge in [-0.1, -0.05) is 18.2 Å². The number of benzene rings is 1. The zero-order valence-corrected chi connectivity index (χ0v) is 15.1. The van der Waals surface area contributed by atoms with Crippen molar-refractivity contribution in [2.24, 2.45) is 0 Å². The molecule has 1 aromatic carbocycles. The first kappa shape index (κ1) is 18.6. The van der Waals surface area contributed by atoms with Crippen molar-refractivity contribution < 1.29 is 9.84 Å². The van der Waals surface area contributed by atoms with Crippen molar-refractivity contribution in [3.05, 3.63) is 34.6 Å². The third kappa shape index (κ3) is 4.90. The molecule has 9 heteroatoms. The van der Waals surface area contributed by atoms with Crippen molar-refractivity contribution in [1.29, 1.82) is 0 Å². The molecule has 2 aromatic rings. The maximum Gasteiger partial charge on any atom is 0.272 e. The minimum atomic E-state index is -0.676. The molecule has 0 spiro atoms. The van der Waals surface area contributed by atoms with Gasteiger partial charge in [0.05, 0.1) is 17.6 Å². The molecule has 1 aliphatic rings. The Bertz CT molecular complexity index is 806. The van der Waals surface area contributed by atoms with Gasteiger partial charge in [0, 0.05) is 31.6 Å². The fraction of sp³-hybridized carbons (Fsp3) is 0.471. The van der Waals surface area contributed by atoms with Gasteiger partial charge in [-0.2, -0.15) is 5.10 Å². The molecular formula is C17H23N5O3S. The van der Waals surface area contributed by atoms with Gasteiger partial charge in [0.2, 0.25) is 0 Å². The number of H-pyrrole nitrogens is 1. The molecule has 2 unspecified atom stereocenters. The minimum Gasteiger partial charge on any atom is -0.389 e. The average molecular weight is 377 g/mol. The lowest BCUT2D eigenvalue weighted by molar-refractivity contribution is 0.114. The zero-order chi connectivity index (χ0) is 18.4. The van der Waals surface area contributed by atoms with Gasteiger partial charge in [-0.15, -0.1) is 0 Å². The summed E-state index contributed by atoms with van der Waals surface area (Å²) in [6.07, 6.45) is 1.66. The van der Waals surface area contributed by atoms with Crippen LogP contribution in [0.5, 0.6) is 0 Å². The summed E-state index contributed by atoms with van der Waals surface area (Å²) in [4.78, 5) is 11.8. The number of fused-ring (bicyclic) bond motifs is 1. The highest BCUT2D eigenvalue weighted by Gasteiger charge is 2.15. The van der Waals surface area contributed by atoms with Crippen LogP contribution < -0.4 is 21.5 Å². The molecule has 3 rings (SSSR count). The van der Waals surface area contributed by atoms with E-state index in [4.69, 9.17) is 17.0 Å². The number of aliphatic hydroxyl groups excluding tert-OH is 1. The van der Waals surface area contributed by atoms with Crippen LogP contribution in [0, 0.1) is 0 Å². The number of aliphatic hydroxyl groups is 1. The number of hydrogen-bond donors (Lipinski definition) is 5. The van der Waals surface area contributed by atoms with Crippen LogP contribution in [0.4, 0.5) is 5.82 Å². The van der Waals surface area contributed by atoms with E-state index in [1.807, 2.05) is 12.1 Å². The van der Waals surface area contributed by atoms with E-state index in [0.29, 0.717) is 34.8 Å². The molecule has 0 aliphatic carbocycles. The number of nitrogens with zero attached hydrogens (tertiary/aromatic N) is 1. The Hall–Kier alpha value is -2.23. The topological polar surface area (TPSA) is 111 Å². The molecule has 26 heavy (non-hydrogen) atoms. The first-order valence-corrected chi connectivity index (χ1v) is 9.07. The maximum absolute atomic E-state index is 11.8. The average Bonchev–Trinajstić information content (AvgIpc) is 3.18. The lowest BCUT2D eigenvalue weighted by atomic mass is 10.2. The first-order valence-electron chi connectivity index (χ1n) is 8.66. The van der Waals surface area contributed by atoms with Gasteiger partial charge in [0.25, 0.3) is 5.56 Å². The Morgan fingerprint density at radius 1 is 1.35 bits per heavy atom. The van der Waals surface area contributed by atoms with Gasteiger partial charge >= 0.3 is 0 Å². The molecule has 1 fully saturated rings. The predicted molar refractivity (Wildman–Crippen MR) is 104 cm³/mol. The number of rotatable bonds is 7. The van der Waals surface area contributed by atoms with Crippen LogP contribution in [0.3, 0.4) is 0 Å². The molecule has 0 radical (unpaired) electrons. The van der Waals surface area contributed by atoms with E-state index >= 15 is 0 Å². The van der Waals surface area contributed by atoms with Crippen LogP contribution in [0.15, 0.2) is 29.1 Å². The van der Waals surface area contributed by atoms with Crippen molar-refractivity contribution in [2.75, 3.05) is 31.6 Å². The summed E-state index contributed by atoms with van der Waals surface area (Å²) in [5.41, 5.74) is -0.240. The summed E-state index contributed by atoms with van der Waals surface area (Å²) >= 11 is 5.20. The van der Waals surface area contributed by atoms with Crippen LogP contribution >= 0.6 is 12.2 Å². The number of nitrogens with one attached hydrogen (secondary N) is 4. The Morgan fingerprint density at radius 2 is 2.15 bits per heavy atom.